The first kappa shape index (κ1) is 20.0. The first-order valence-electron chi connectivity index (χ1n) is 8.83. The van der Waals surface area contributed by atoms with Crippen LogP contribution in [0.15, 0.2) is 58.9 Å². The minimum Gasteiger partial charge on any atom is -0.507 e. The maximum absolute atomic E-state index is 12.3. The van der Waals surface area contributed by atoms with Gasteiger partial charge in [-0.1, -0.05) is 18.2 Å². The average Bonchev–Trinajstić information content (AvgIpc) is 3.11. The van der Waals surface area contributed by atoms with E-state index in [-0.39, 0.29) is 19.6 Å². The number of H-pyrrole nitrogens is 1. The molecule has 0 spiro atoms. The summed E-state index contributed by atoms with van der Waals surface area (Å²) in [5.74, 6) is -3.30. The molecule has 2 aromatic rings. The maximum Gasteiger partial charge on any atom is 0.328 e. The zero-order valence-electron chi connectivity index (χ0n) is 15.3. The molecule has 1 aliphatic carbocycles. The fourth-order valence-electron chi connectivity index (χ4n) is 3.02. The molecule has 29 heavy (non-hydrogen) atoms. The second-order valence-electron chi connectivity index (χ2n) is 6.33. The Morgan fingerprint density at radius 3 is 2.69 bits per heavy atom. The Labute approximate surface area is 165 Å². The summed E-state index contributed by atoms with van der Waals surface area (Å²) in [7, 11) is 0. The number of ketones is 1. The van der Waals surface area contributed by atoms with Crippen molar-refractivity contribution < 1.29 is 29.7 Å². The second-order valence-corrected chi connectivity index (χ2v) is 6.33. The van der Waals surface area contributed by atoms with Gasteiger partial charge in [-0.3, -0.25) is 14.6 Å². The van der Waals surface area contributed by atoms with E-state index in [2.05, 4.69) is 15.3 Å². The van der Waals surface area contributed by atoms with Crippen molar-refractivity contribution in [3.63, 3.8) is 0 Å². The predicted molar refractivity (Wildman–Crippen MR) is 105 cm³/mol. The van der Waals surface area contributed by atoms with Crippen molar-refractivity contribution in [2.24, 2.45) is 4.99 Å². The first-order valence-corrected chi connectivity index (χ1v) is 8.83. The number of aromatic nitrogens is 1. The van der Waals surface area contributed by atoms with Crippen LogP contribution in [0, 0.1) is 0 Å². The number of hydrogen-bond acceptors (Lipinski definition) is 6. The smallest absolute Gasteiger partial charge is 0.328 e. The van der Waals surface area contributed by atoms with Gasteiger partial charge in [-0.15, -0.1) is 0 Å². The lowest BCUT2D eigenvalue weighted by atomic mass is 9.97. The van der Waals surface area contributed by atoms with Gasteiger partial charge in [-0.25, -0.2) is 4.79 Å². The number of nitrogens with one attached hydrogen (secondary N) is 2. The molecule has 1 atom stereocenters. The van der Waals surface area contributed by atoms with E-state index in [0.29, 0.717) is 5.56 Å². The number of carbonyl (C=O) groups is 3. The molecule has 0 radical (unpaired) electrons. The number of rotatable bonds is 7. The van der Waals surface area contributed by atoms with Crippen LogP contribution in [-0.2, 0) is 20.8 Å². The van der Waals surface area contributed by atoms with E-state index < -0.39 is 40.7 Å². The van der Waals surface area contributed by atoms with Gasteiger partial charge in [-0.2, -0.15) is 0 Å². The Hall–Kier alpha value is -3.72. The lowest BCUT2D eigenvalue weighted by Crippen LogP contribution is -2.36. The highest BCUT2D eigenvalue weighted by molar-refractivity contribution is 6.55. The number of carboxylic acids is 1. The van der Waals surface area contributed by atoms with Gasteiger partial charge >= 0.3 is 5.97 Å². The molecule has 0 bridgehead atoms. The Kier molecular flexibility index (Phi) is 5.89. The van der Waals surface area contributed by atoms with Crippen LogP contribution in [0.3, 0.4) is 0 Å². The zero-order chi connectivity index (χ0) is 21.0. The summed E-state index contributed by atoms with van der Waals surface area (Å²) in [6.45, 7) is -0.438. The van der Waals surface area contributed by atoms with Gasteiger partial charge in [-0.05, 0) is 23.8 Å². The number of aliphatic imine (C=N–C) groups is 1. The molecule has 1 aromatic heterocycles. The highest BCUT2D eigenvalue weighted by Gasteiger charge is 2.30. The molecule has 3 rings (SSSR count). The van der Waals surface area contributed by atoms with E-state index in [0.717, 1.165) is 23.1 Å². The molecule has 1 heterocycles. The van der Waals surface area contributed by atoms with Gasteiger partial charge in [0.2, 0.25) is 5.78 Å². The summed E-state index contributed by atoms with van der Waals surface area (Å²) in [4.78, 5) is 43.5. The van der Waals surface area contributed by atoms with Gasteiger partial charge < -0.3 is 25.6 Å². The standard InChI is InChI=1S/C20H19N3O6/c24-8-7-21-19(27)17-15(25)5-6-16(26)18(17)23-14(20(28)29)9-11-10-22-13-4-2-1-3-12(11)13/h1-6,10,14,22,24-25H,7-9H2,(H,21,27)(H,28,29). The number of carboxylic acid groups (broad SMARTS) is 1. The van der Waals surface area contributed by atoms with Gasteiger partial charge in [0.25, 0.3) is 5.91 Å². The molecule has 1 amide bonds. The average molecular weight is 397 g/mol. The number of para-hydroxylation sites is 1. The highest BCUT2D eigenvalue weighted by atomic mass is 16.4. The Bertz CT molecular complexity index is 1060. The van der Waals surface area contributed by atoms with Crippen molar-refractivity contribution in [1.82, 2.24) is 10.3 Å². The van der Waals surface area contributed by atoms with E-state index in [9.17, 15) is 24.6 Å². The number of aliphatic hydroxyl groups excluding tert-OH is 2. The van der Waals surface area contributed by atoms with Gasteiger partial charge in [0.05, 0.1) is 6.61 Å². The van der Waals surface area contributed by atoms with E-state index in [1.807, 2.05) is 24.3 Å². The first-order chi connectivity index (χ1) is 13.9. The molecule has 1 aliphatic rings. The normalized spacial score (nSPS) is 16.4. The van der Waals surface area contributed by atoms with E-state index >= 15 is 0 Å². The van der Waals surface area contributed by atoms with E-state index in [1.54, 1.807) is 6.20 Å². The van der Waals surface area contributed by atoms with Crippen molar-refractivity contribution in [3.8, 4) is 0 Å². The Morgan fingerprint density at radius 2 is 1.97 bits per heavy atom. The summed E-state index contributed by atoms with van der Waals surface area (Å²) in [6, 6.07) is 5.99. The number of hydrogen-bond donors (Lipinski definition) is 5. The number of fused-ring (bicyclic) bond motifs is 1. The van der Waals surface area contributed by atoms with Gasteiger partial charge in [0, 0.05) is 30.1 Å². The second kappa shape index (κ2) is 8.53. The van der Waals surface area contributed by atoms with Crippen molar-refractivity contribution >= 4 is 34.3 Å². The fourth-order valence-corrected chi connectivity index (χ4v) is 3.02. The number of aliphatic carboxylic acids is 1. The molecule has 1 unspecified atom stereocenters. The largest absolute Gasteiger partial charge is 0.507 e. The summed E-state index contributed by atoms with van der Waals surface area (Å²) < 4.78 is 0. The van der Waals surface area contributed by atoms with Crippen LogP contribution in [0.1, 0.15) is 5.56 Å². The van der Waals surface area contributed by atoms with Crippen LogP contribution in [0.4, 0.5) is 0 Å². The third-order valence-corrected chi connectivity index (χ3v) is 4.40. The molecule has 0 saturated heterocycles. The summed E-state index contributed by atoms with van der Waals surface area (Å²) >= 11 is 0. The Morgan fingerprint density at radius 1 is 1.21 bits per heavy atom. The van der Waals surface area contributed by atoms with Crippen LogP contribution in [0.25, 0.3) is 10.9 Å². The summed E-state index contributed by atoms with van der Waals surface area (Å²) in [6.07, 6.45) is 3.71. The number of carbonyl (C=O) groups excluding carboxylic acids is 2. The van der Waals surface area contributed by atoms with E-state index in [1.165, 1.54) is 0 Å². The molecule has 0 fully saturated rings. The number of allylic oxidation sites excluding steroid dienone is 2. The number of benzene rings is 1. The molecule has 9 heteroatoms. The zero-order valence-corrected chi connectivity index (χ0v) is 15.3. The molecule has 1 aromatic carbocycles. The minimum atomic E-state index is -1.35. The van der Waals surface area contributed by atoms with Crippen molar-refractivity contribution in [2.75, 3.05) is 13.2 Å². The monoisotopic (exact) mass is 397 g/mol. The van der Waals surface area contributed by atoms with Crippen molar-refractivity contribution in [2.45, 2.75) is 12.5 Å². The van der Waals surface area contributed by atoms with Crippen molar-refractivity contribution in [3.05, 3.63) is 59.5 Å². The van der Waals surface area contributed by atoms with E-state index in [4.69, 9.17) is 5.11 Å². The number of nitrogens with zero attached hydrogens (tertiary/aromatic N) is 1. The van der Waals surface area contributed by atoms with Crippen LogP contribution in [0.2, 0.25) is 0 Å². The fraction of sp³-hybridized carbons (Fsp3) is 0.200. The van der Waals surface area contributed by atoms with Crippen molar-refractivity contribution in [1.29, 1.82) is 0 Å². The topological polar surface area (TPSA) is 152 Å². The van der Waals surface area contributed by atoms with Crippen LogP contribution >= 0.6 is 0 Å². The minimum absolute atomic E-state index is 0.0217. The molecule has 0 aliphatic heterocycles. The highest BCUT2D eigenvalue weighted by Crippen LogP contribution is 2.21. The predicted octanol–water partition coefficient (Wildman–Crippen LogP) is 0.664. The van der Waals surface area contributed by atoms with Crippen LogP contribution < -0.4 is 5.32 Å². The molecule has 5 N–H and O–H groups in total. The molecule has 150 valence electrons. The summed E-state index contributed by atoms with van der Waals surface area (Å²) in [5, 5.41) is 31.7. The number of aliphatic hydroxyl groups is 2. The SMILES string of the molecule is O=C1C=CC(O)=C(C(=O)NCCO)C1=NC(Cc1c[nH]c2ccccc12)C(=O)O. The molecular weight excluding hydrogens is 378 g/mol. The van der Waals surface area contributed by atoms with Gasteiger partial charge in [0.1, 0.15) is 17.0 Å². The lowest BCUT2D eigenvalue weighted by molar-refractivity contribution is -0.138. The lowest BCUT2D eigenvalue weighted by Gasteiger charge is -2.16. The summed E-state index contributed by atoms with van der Waals surface area (Å²) in [5.41, 5.74) is 0.664. The van der Waals surface area contributed by atoms with Crippen LogP contribution in [-0.4, -0.2) is 62.9 Å². The quantitative estimate of drug-likeness (QED) is 0.433. The third kappa shape index (κ3) is 4.25. The third-order valence-electron chi connectivity index (χ3n) is 4.40. The molecule has 0 saturated carbocycles. The number of aromatic amines is 1. The van der Waals surface area contributed by atoms with Gasteiger partial charge in [0.15, 0.2) is 6.04 Å². The molecule has 9 nitrogen and oxygen atoms in total. The number of amides is 1. The van der Waals surface area contributed by atoms with Crippen LogP contribution in [0.5, 0.6) is 0 Å². The maximum atomic E-state index is 12.3. The Balaban J connectivity index is 1.97. The molecular formula is C20H19N3O6.